The van der Waals surface area contributed by atoms with E-state index in [9.17, 15) is 14.9 Å². The van der Waals surface area contributed by atoms with E-state index in [0.29, 0.717) is 5.56 Å². The number of nitriles is 1. The molecule has 1 aromatic rings. The third-order valence-corrected chi connectivity index (χ3v) is 5.28. The van der Waals surface area contributed by atoms with Crippen molar-refractivity contribution in [1.29, 1.82) is 5.26 Å². The van der Waals surface area contributed by atoms with Crippen LogP contribution in [0.2, 0.25) is 0 Å². The van der Waals surface area contributed by atoms with Gasteiger partial charge in [0, 0.05) is 24.3 Å². The summed E-state index contributed by atoms with van der Waals surface area (Å²) in [5, 5.41) is 15.4. The largest absolute Gasteiger partial charge is 0.376 e. The lowest BCUT2D eigenvalue weighted by molar-refractivity contribution is -0.121. The Labute approximate surface area is 154 Å². The number of rotatable bonds is 5. The lowest BCUT2D eigenvalue weighted by atomic mass is 9.83. The Morgan fingerprint density at radius 3 is 2.31 bits per heavy atom. The molecule has 0 atom stereocenters. The minimum Gasteiger partial charge on any atom is -0.376 e. The second kappa shape index (κ2) is 8.22. The highest BCUT2D eigenvalue weighted by molar-refractivity contribution is 5.94. The van der Waals surface area contributed by atoms with Gasteiger partial charge in [0.25, 0.3) is 5.91 Å². The number of amides is 2. The molecule has 6 heteroatoms. The Kier molecular flexibility index (Phi) is 5.77. The van der Waals surface area contributed by atoms with Crippen molar-refractivity contribution < 1.29 is 9.59 Å². The van der Waals surface area contributed by atoms with E-state index in [1.807, 2.05) is 17.0 Å². The Morgan fingerprint density at radius 2 is 1.69 bits per heavy atom. The van der Waals surface area contributed by atoms with Crippen molar-refractivity contribution in [3.05, 3.63) is 29.8 Å². The van der Waals surface area contributed by atoms with Gasteiger partial charge < -0.3 is 15.5 Å². The Hall–Kier alpha value is -2.55. The van der Waals surface area contributed by atoms with Crippen LogP contribution in [0, 0.1) is 11.3 Å². The zero-order valence-corrected chi connectivity index (χ0v) is 15.1. The molecule has 0 radical (unpaired) electrons. The number of nitrogens with zero attached hydrogens (tertiary/aromatic N) is 2. The van der Waals surface area contributed by atoms with Crippen LogP contribution in [0.1, 0.15) is 55.3 Å². The molecule has 2 N–H and O–H groups in total. The van der Waals surface area contributed by atoms with Crippen LogP contribution < -0.4 is 10.6 Å². The molecule has 0 bridgehead atoms. The zero-order valence-electron chi connectivity index (χ0n) is 15.1. The van der Waals surface area contributed by atoms with Crippen molar-refractivity contribution in [3.63, 3.8) is 0 Å². The molecule has 0 unspecified atom stereocenters. The van der Waals surface area contributed by atoms with Crippen LogP contribution in [0.25, 0.3) is 0 Å². The van der Waals surface area contributed by atoms with Gasteiger partial charge >= 0.3 is 0 Å². The number of hydrogen-bond donors (Lipinski definition) is 2. The fourth-order valence-electron chi connectivity index (χ4n) is 3.75. The van der Waals surface area contributed by atoms with Crippen molar-refractivity contribution >= 4 is 17.5 Å². The molecule has 1 saturated heterocycles. The second-order valence-electron chi connectivity index (χ2n) is 7.23. The number of carbonyl (C=O) groups is 2. The van der Waals surface area contributed by atoms with Gasteiger partial charge in [-0.3, -0.25) is 9.59 Å². The summed E-state index contributed by atoms with van der Waals surface area (Å²) < 4.78 is 0. The third-order valence-electron chi connectivity index (χ3n) is 5.28. The van der Waals surface area contributed by atoms with Crippen LogP contribution in [0.5, 0.6) is 0 Å². The molecule has 2 fully saturated rings. The van der Waals surface area contributed by atoms with Crippen molar-refractivity contribution in [2.75, 3.05) is 25.0 Å². The van der Waals surface area contributed by atoms with Gasteiger partial charge in [-0.05, 0) is 49.9 Å². The summed E-state index contributed by atoms with van der Waals surface area (Å²) in [6.45, 7) is 1.78. The molecule has 138 valence electrons. The number of hydrogen-bond acceptors (Lipinski definition) is 4. The van der Waals surface area contributed by atoms with Crippen molar-refractivity contribution in [1.82, 2.24) is 10.2 Å². The molecule has 26 heavy (non-hydrogen) atoms. The number of carbonyl (C=O) groups excluding carboxylic acids is 2. The summed E-state index contributed by atoms with van der Waals surface area (Å²) in [5.74, 6) is -0.106. The molecule has 1 saturated carbocycles. The molecule has 0 spiro atoms. The smallest absolute Gasteiger partial charge is 0.253 e. The average molecular weight is 354 g/mol. The molecule has 2 amide bonds. The second-order valence-corrected chi connectivity index (χ2v) is 7.23. The van der Waals surface area contributed by atoms with Crippen LogP contribution in [0.4, 0.5) is 5.69 Å². The van der Waals surface area contributed by atoms with Gasteiger partial charge in [-0.15, -0.1) is 0 Å². The molecule has 2 aliphatic rings. The summed E-state index contributed by atoms with van der Waals surface area (Å²) in [6.07, 6.45) is 6.68. The number of benzene rings is 1. The topological polar surface area (TPSA) is 85.2 Å². The standard InChI is InChI=1S/C20H26N4O2/c21-15-20(10-2-1-3-11-20)23-18(25)14-22-17-8-6-16(7-9-17)19(26)24-12-4-5-13-24/h6-9,22H,1-5,10-14H2,(H,23,25). The normalized spacial score (nSPS) is 18.8. The van der Waals surface area contributed by atoms with Gasteiger partial charge in [0.2, 0.25) is 5.91 Å². The molecule has 1 aliphatic carbocycles. The fraction of sp³-hybridized carbons (Fsp3) is 0.550. The van der Waals surface area contributed by atoms with Crippen LogP contribution >= 0.6 is 0 Å². The molecule has 1 heterocycles. The summed E-state index contributed by atoms with van der Waals surface area (Å²) in [5.41, 5.74) is 0.753. The van der Waals surface area contributed by atoms with Crippen LogP contribution in [-0.4, -0.2) is 41.9 Å². The molecule has 1 aromatic carbocycles. The molecule has 0 aromatic heterocycles. The first-order chi connectivity index (χ1) is 12.6. The van der Waals surface area contributed by atoms with E-state index < -0.39 is 5.54 Å². The van der Waals surface area contributed by atoms with Gasteiger partial charge in [-0.1, -0.05) is 19.3 Å². The van der Waals surface area contributed by atoms with Crippen molar-refractivity contribution in [3.8, 4) is 6.07 Å². The van der Waals surface area contributed by atoms with E-state index in [-0.39, 0.29) is 18.4 Å². The van der Waals surface area contributed by atoms with E-state index in [2.05, 4.69) is 16.7 Å². The summed E-state index contributed by atoms with van der Waals surface area (Å²) in [7, 11) is 0. The quantitative estimate of drug-likeness (QED) is 0.851. The van der Waals surface area contributed by atoms with Gasteiger partial charge in [0.05, 0.1) is 12.6 Å². The summed E-state index contributed by atoms with van der Waals surface area (Å²) >= 11 is 0. The fourth-order valence-corrected chi connectivity index (χ4v) is 3.75. The van der Waals surface area contributed by atoms with Gasteiger partial charge in [0.1, 0.15) is 5.54 Å². The lowest BCUT2D eigenvalue weighted by Gasteiger charge is -2.31. The molecular formula is C20H26N4O2. The number of likely N-dealkylation sites (tertiary alicyclic amines) is 1. The van der Waals surface area contributed by atoms with Crippen LogP contribution in [0.3, 0.4) is 0 Å². The number of nitrogens with one attached hydrogen (secondary N) is 2. The molecule has 3 rings (SSSR count). The predicted molar refractivity (Wildman–Crippen MR) is 99.6 cm³/mol. The van der Waals surface area contributed by atoms with Crippen LogP contribution in [0.15, 0.2) is 24.3 Å². The van der Waals surface area contributed by atoms with Crippen LogP contribution in [-0.2, 0) is 4.79 Å². The average Bonchev–Trinajstić information content (AvgIpc) is 3.22. The highest BCUT2D eigenvalue weighted by atomic mass is 16.2. The highest BCUT2D eigenvalue weighted by Crippen LogP contribution is 2.27. The lowest BCUT2D eigenvalue weighted by Crippen LogP contribution is -2.50. The summed E-state index contributed by atoms with van der Waals surface area (Å²) in [4.78, 5) is 26.4. The maximum atomic E-state index is 12.3. The summed E-state index contributed by atoms with van der Waals surface area (Å²) in [6, 6.07) is 9.51. The van der Waals surface area contributed by atoms with Gasteiger partial charge in [-0.25, -0.2) is 0 Å². The minimum atomic E-state index is -0.705. The maximum absolute atomic E-state index is 12.3. The molecule has 6 nitrogen and oxygen atoms in total. The van der Waals surface area contributed by atoms with E-state index >= 15 is 0 Å². The minimum absolute atomic E-state index is 0.0695. The monoisotopic (exact) mass is 354 g/mol. The Morgan fingerprint density at radius 1 is 1.04 bits per heavy atom. The maximum Gasteiger partial charge on any atom is 0.253 e. The SMILES string of the molecule is N#CC1(NC(=O)CNc2ccc(C(=O)N3CCCC3)cc2)CCCCC1. The van der Waals surface area contributed by atoms with Gasteiger partial charge in [-0.2, -0.15) is 5.26 Å². The first kappa shape index (κ1) is 18.2. The van der Waals surface area contributed by atoms with Crippen molar-refractivity contribution in [2.24, 2.45) is 0 Å². The van der Waals surface area contributed by atoms with E-state index in [0.717, 1.165) is 63.7 Å². The molecule has 1 aliphatic heterocycles. The van der Waals surface area contributed by atoms with E-state index in [1.165, 1.54) is 0 Å². The molecular weight excluding hydrogens is 328 g/mol. The van der Waals surface area contributed by atoms with Gasteiger partial charge in [0.15, 0.2) is 0 Å². The number of anilines is 1. The first-order valence-electron chi connectivity index (χ1n) is 9.47. The predicted octanol–water partition coefficient (Wildman–Crippen LogP) is 2.68. The van der Waals surface area contributed by atoms with Crippen molar-refractivity contribution in [2.45, 2.75) is 50.5 Å². The highest BCUT2D eigenvalue weighted by Gasteiger charge is 2.33. The zero-order chi connectivity index (χ0) is 18.4. The Balaban J connectivity index is 1.50. The van der Waals surface area contributed by atoms with E-state index in [4.69, 9.17) is 0 Å². The Bertz CT molecular complexity index is 681. The van der Waals surface area contributed by atoms with E-state index in [1.54, 1.807) is 12.1 Å². The first-order valence-corrected chi connectivity index (χ1v) is 9.47. The third kappa shape index (κ3) is 4.34.